The largest absolute Gasteiger partial charge is 0.375 e. The van der Waals surface area contributed by atoms with E-state index in [9.17, 15) is 0 Å². The molecule has 0 aliphatic carbocycles. The predicted octanol–water partition coefficient (Wildman–Crippen LogP) is 2.14. The highest BCUT2D eigenvalue weighted by atomic mass is 32.2. The molecule has 0 spiro atoms. The molecule has 1 N–H and O–H groups in total. The summed E-state index contributed by atoms with van der Waals surface area (Å²) < 4.78 is 5.82. The second kappa shape index (κ2) is 6.70. The van der Waals surface area contributed by atoms with Crippen molar-refractivity contribution < 1.29 is 4.74 Å². The van der Waals surface area contributed by atoms with Crippen molar-refractivity contribution in [1.82, 2.24) is 5.32 Å². The normalized spacial score (nSPS) is 25.3. The smallest absolute Gasteiger partial charge is 0.0821 e. The van der Waals surface area contributed by atoms with Gasteiger partial charge >= 0.3 is 0 Å². The summed E-state index contributed by atoms with van der Waals surface area (Å²) in [5.74, 6) is 2.97. The summed E-state index contributed by atoms with van der Waals surface area (Å²) in [6.07, 6.45) is 1.61. The molecule has 0 radical (unpaired) electrons. The molecule has 2 atom stereocenters. The molecule has 14 heavy (non-hydrogen) atoms. The van der Waals surface area contributed by atoms with Crippen LogP contribution >= 0.6 is 11.8 Å². The Morgan fingerprint density at radius 2 is 2.29 bits per heavy atom. The van der Waals surface area contributed by atoms with E-state index >= 15 is 0 Å². The number of thioether (sulfide) groups is 1. The zero-order chi connectivity index (χ0) is 10.4. The molecule has 3 heteroatoms. The molecule has 1 saturated heterocycles. The van der Waals surface area contributed by atoms with Gasteiger partial charge in [0.2, 0.25) is 0 Å². The van der Waals surface area contributed by atoms with Gasteiger partial charge in [0.1, 0.15) is 0 Å². The van der Waals surface area contributed by atoms with Crippen LogP contribution in [0.4, 0.5) is 0 Å². The van der Waals surface area contributed by atoms with Crippen molar-refractivity contribution in [2.75, 3.05) is 24.7 Å². The average molecular weight is 217 g/mol. The van der Waals surface area contributed by atoms with Gasteiger partial charge in [-0.3, -0.25) is 0 Å². The van der Waals surface area contributed by atoms with Gasteiger partial charge in [-0.05, 0) is 18.9 Å². The molecule has 1 heterocycles. The first-order valence-electron chi connectivity index (χ1n) is 5.68. The van der Waals surface area contributed by atoms with Crippen LogP contribution in [-0.4, -0.2) is 36.8 Å². The van der Waals surface area contributed by atoms with Crippen molar-refractivity contribution >= 4 is 11.8 Å². The second-order valence-corrected chi connectivity index (χ2v) is 5.36. The summed E-state index contributed by atoms with van der Waals surface area (Å²) in [6.45, 7) is 8.78. The van der Waals surface area contributed by atoms with Gasteiger partial charge in [0.25, 0.3) is 0 Å². The van der Waals surface area contributed by atoms with Crippen LogP contribution in [-0.2, 0) is 4.74 Å². The first-order chi connectivity index (χ1) is 6.75. The minimum atomic E-state index is 0.417. The van der Waals surface area contributed by atoms with E-state index < -0.39 is 0 Å². The van der Waals surface area contributed by atoms with Crippen molar-refractivity contribution in [2.24, 2.45) is 5.92 Å². The Hall–Kier alpha value is 0.270. The highest BCUT2D eigenvalue weighted by Gasteiger charge is 2.26. The van der Waals surface area contributed by atoms with E-state index in [1.807, 2.05) is 11.8 Å². The zero-order valence-corrected chi connectivity index (χ0v) is 10.4. The number of rotatable bonds is 5. The topological polar surface area (TPSA) is 21.3 Å². The Bertz CT molecular complexity index is 146. The van der Waals surface area contributed by atoms with Gasteiger partial charge in [0, 0.05) is 17.5 Å². The van der Waals surface area contributed by atoms with E-state index in [-0.39, 0.29) is 0 Å². The summed E-state index contributed by atoms with van der Waals surface area (Å²) in [7, 11) is 0. The average Bonchev–Trinajstić information content (AvgIpc) is 2.19. The number of hydrogen-bond donors (Lipinski definition) is 1. The van der Waals surface area contributed by atoms with Crippen LogP contribution in [0.2, 0.25) is 0 Å². The minimum absolute atomic E-state index is 0.417. The number of ether oxygens (including phenoxy) is 1. The van der Waals surface area contributed by atoms with E-state index in [2.05, 4.69) is 26.1 Å². The van der Waals surface area contributed by atoms with Gasteiger partial charge in [0.15, 0.2) is 0 Å². The van der Waals surface area contributed by atoms with Crippen LogP contribution in [0.25, 0.3) is 0 Å². The third-order valence-corrected chi connectivity index (χ3v) is 3.61. The SMILES string of the molecule is CCCNC(C(C)C)C1CSCCO1. The molecular formula is C11H23NOS. The van der Waals surface area contributed by atoms with E-state index in [4.69, 9.17) is 4.74 Å². The van der Waals surface area contributed by atoms with Crippen LogP contribution in [0.15, 0.2) is 0 Å². The quantitative estimate of drug-likeness (QED) is 0.762. The van der Waals surface area contributed by atoms with Crippen LogP contribution in [0.5, 0.6) is 0 Å². The molecular weight excluding hydrogens is 194 g/mol. The first kappa shape index (κ1) is 12.3. The van der Waals surface area contributed by atoms with Crippen LogP contribution in [0.3, 0.4) is 0 Å². The molecule has 1 rings (SSSR count). The van der Waals surface area contributed by atoms with E-state index in [0.29, 0.717) is 18.1 Å². The predicted molar refractivity (Wildman–Crippen MR) is 64.0 cm³/mol. The van der Waals surface area contributed by atoms with Crippen LogP contribution in [0, 0.1) is 5.92 Å². The Morgan fingerprint density at radius 3 is 2.79 bits per heavy atom. The minimum Gasteiger partial charge on any atom is -0.375 e. The molecule has 0 aromatic heterocycles. The fourth-order valence-electron chi connectivity index (χ4n) is 1.82. The van der Waals surface area contributed by atoms with E-state index in [1.165, 1.54) is 6.42 Å². The Kier molecular flexibility index (Phi) is 5.90. The molecule has 0 saturated carbocycles. The van der Waals surface area contributed by atoms with Crippen molar-refractivity contribution in [1.29, 1.82) is 0 Å². The molecule has 0 aromatic rings. The molecule has 0 aromatic carbocycles. The lowest BCUT2D eigenvalue weighted by atomic mass is 9.99. The van der Waals surface area contributed by atoms with E-state index in [1.54, 1.807) is 0 Å². The lowest BCUT2D eigenvalue weighted by molar-refractivity contribution is 0.0344. The molecule has 84 valence electrons. The maximum Gasteiger partial charge on any atom is 0.0821 e. The van der Waals surface area contributed by atoms with Crippen molar-refractivity contribution in [2.45, 2.75) is 39.3 Å². The third-order valence-electron chi connectivity index (χ3n) is 2.59. The lowest BCUT2D eigenvalue weighted by Crippen LogP contribution is -2.48. The molecule has 2 nitrogen and oxygen atoms in total. The van der Waals surface area contributed by atoms with Gasteiger partial charge in [-0.2, -0.15) is 11.8 Å². The Labute approximate surface area is 92.2 Å². The summed E-state index contributed by atoms with van der Waals surface area (Å²) in [6, 6.07) is 0.530. The Morgan fingerprint density at radius 1 is 1.50 bits per heavy atom. The van der Waals surface area contributed by atoms with Gasteiger partial charge in [-0.1, -0.05) is 20.8 Å². The van der Waals surface area contributed by atoms with Gasteiger partial charge in [0.05, 0.1) is 12.7 Å². The highest BCUT2D eigenvalue weighted by molar-refractivity contribution is 7.99. The molecule has 1 aliphatic heterocycles. The second-order valence-electron chi connectivity index (χ2n) is 4.21. The van der Waals surface area contributed by atoms with Crippen molar-refractivity contribution in [3.8, 4) is 0 Å². The standard InChI is InChI=1S/C11H23NOS/c1-4-5-12-11(9(2)3)10-8-14-7-6-13-10/h9-12H,4-8H2,1-3H3. The van der Waals surface area contributed by atoms with Gasteiger partial charge in [-0.25, -0.2) is 0 Å². The summed E-state index contributed by atoms with van der Waals surface area (Å²) in [5, 5.41) is 3.60. The summed E-state index contributed by atoms with van der Waals surface area (Å²) in [5.41, 5.74) is 0. The van der Waals surface area contributed by atoms with Crippen molar-refractivity contribution in [3.05, 3.63) is 0 Å². The summed E-state index contributed by atoms with van der Waals surface area (Å²) in [4.78, 5) is 0. The van der Waals surface area contributed by atoms with E-state index in [0.717, 1.165) is 24.7 Å². The number of nitrogens with one attached hydrogen (secondary N) is 1. The molecule has 0 amide bonds. The summed E-state index contributed by atoms with van der Waals surface area (Å²) >= 11 is 2.02. The fraction of sp³-hybridized carbons (Fsp3) is 1.00. The fourth-order valence-corrected chi connectivity index (χ4v) is 2.74. The molecule has 1 aliphatic rings. The number of hydrogen-bond acceptors (Lipinski definition) is 3. The van der Waals surface area contributed by atoms with Crippen molar-refractivity contribution in [3.63, 3.8) is 0 Å². The highest BCUT2D eigenvalue weighted by Crippen LogP contribution is 2.19. The maximum atomic E-state index is 5.82. The monoisotopic (exact) mass is 217 g/mol. The van der Waals surface area contributed by atoms with Gasteiger partial charge < -0.3 is 10.1 Å². The van der Waals surface area contributed by atoms with Crippen LogP contribution in [0.1, 0.15) is 27.2 Å². The zero-order valence-electron chi connectivity index (χ0n) is 9.58. The van der Waals surface area contributed by atoms with Crippen LogP contribution < -0.4 is 5.32 Å². The first-order valence-corrected chi connectivity index (χ1v) is 6.84. The maximum absolute atomic E-state index is 5.82. The lowest BCUT2D eigenvalue weighted by Gasteiger charge is -2.33. The molecule has 1 fully saturated rings. The molecule has 2 unspecified atom stereocenters. The molecule has 0 bridgehead atoms. The van der Waals surface area contributed by atoms with Gasteiger partial charge in [-0.15, -0.1) is 0 Å². The Balaban J connectivity index is 2.39. The third kappa shape index (κ3) is 3.79.